The summed E-state index contributed by atoms with van der Waals surface area (Å²) in [5.41, 5.74) is 3.16. The van der Waals surface area contributed by atoms with Gasteiger partial charge >= 0.3 is 0 Å². The number of hydrogen-bond acceptors (Lipinski definition) is 3. The summed E-state index contributed by atoms with van der Waals surface area (Å²) in [6, 6.07) is 10.1. The predicted octanol–water partition coefficient (Wildman–Crippen LogP) is 4.37. The van der Waals surface area contributed by atoms with E-state index in [1.807, 2.05) is 49.6 Å². The van der Waals surface area contributed by atoms with Crippen molar-refractivity contribution in [3.63, 3.8) is 0 Å². The zero-order valence-corrected chi connectivity index (χ0v) is 16.7. The highest BCUT2D eigenvalue weighted by Gasteiger charge is 2.19. The van der Waals surface area contributed by atoms with Gasteiger partial charge in [-0.15, -0.1) is 0 Å². The lowest BCUT2D eigenvalue weighted by atomic mass is 10.1. The lowest BCUT2D eigenvalue weighted by Crippen LogP contribution is -2.40. The van der Waals surface area contributed by atoms with Crippen molar-refractivity contribution in [2.45, 2.75) is 19.9 Å². The Hall–Kier alpha value is -1.69. The Labute approximate surface area is 160 Å². The third kappa shape index (κ3) is 5.66. The highest BCUT2D eigenvalue weighted by molar-refractivity contribution is 7.80. The number of likely N-dealkylation sites (N-methyl/N-ethyl adjacent to an activating group) is 1. The molecule has 1 heterocycles. The van der Waals surface area contributed by atoms with Gasteiger partial charge in [0.2, 0.25) is 0 Å². The van der Waals surface area contributed by atoms with Crippen molar-refractivity contribution in [1.82, 2.24) is 14.8 Å². The summed E-state index contributed by atoms with van der Waals surface area (Å²) >= 11 is 11.8. The van der Waals surface area contributed by atoms with Crippen molar-refractivity contribution in [2.24, 2.45) is 0 Å². The second-order valence-electron chi connectivity index (χ2n) is 6.35. The second-order valence-corrected chi connectivity index (χ2v) is 7.14. The molecule has 0 aliphatic heterocycles. The van der Waals surface area contributed by atoms with E-state index in [0.29, 0.717) is 5.11 Å². The Balaban J connectivity index is 2.18. The van der Waals surface area contributed by atoms with Crippen molar-refractivity contribution in [3.8, 4) is 0 Å². The summed E-state index contributed by atoms with van der Waals surface area (Å²) in [4.78, 5) is 8.46. The van der Waals surface area contributed by atoms with E-state index in [1.165, 1.54) is 5.56 Å². The van der Waals surface area contributed by atoms with E-state index in [9.17, 15) is 0 Å². The van der Waals surface area contributed by atoms with Crippen LogP contribution in [0.15, 0.2) is 42.7 Å². The molecule has 1 N–H and O–H groups in total. The number of rotatable bonds is 6. The first-order valence-electron chi connectivity index (χ1n) is 8.27. The number of aryl methyl sites for hydroxylation is 1. The fourth-order valence-electron chi connectivity index (χ4n) is 2.52. The highest BCUT2D eigenvalue weighted by Crippen LogP contribution is 2.23. The van der Waals surface area contributed by atoms with Gasteiger partial charge in [0.1, 0.15) is 0 Å². The molecule has 0 saturated heterocycles. The number of nitrogens with zero attached hydrogens (tertiary/aromatic N) is 3. The Morgan fingerprint density at radius 2 is 1.88 bits per heavy atom. The van der Waals surface area contributed by atoms with Crippen LogP contribution in [0.4, 0.5) is 5.69 Å². The molecule has 1 aromatic carbocycles. The number of halogens is 1. The molecular formula is C19H25ClN4S. The Bertz CT molecular complexity index is 706. The molecule has 1 atom stereocenters. The van der Waals surface area contributed by atoms with Gasteiger partial charge in [-0.3, -0.25) is 4.98 Å². The molecule has 0 aliphatic carbocycles. The van der Waals surface area contributed by atoms with E-state index in [0.717, 1.165) is 29.4 Å². The summed E-state index contributed by atoms with van der Waals surface area (Å²) in [6.07, 6.45) is 3.63. The molecule has 2 aromatic rings. The molecule has 0 bridgehead atoms. The van der Waals surface area contributed by atoms with Crippen LogP contribution in [0.3, 0.4) is 0 Å². The van der Waals surface area contributed by atoms with Gasteiger partial charge < -0.3 is 15.1 Å². The molecule has 6 heteroatoms. The fraction of sp³-hybridized carbons (Fsp3) is 0.368. The van der Waals surface area contributed by atoms with Gasteiger partial charge in [0.25, 0.3) is 0 Å². The number of benzene rings is 1. The molecule has 2 rings (SSSR count). The van der Waals surface area contributed by atoms with Crippen LogP contribution in [0.5, 0.6) is 0 Å². The predicted molar refractivity (Wildman–Crippen MR) is 110 cm³/mol. The van der Waals surface area contributed by atoms with Gasteiger partial charge in [-0.2, -0.15) is 0 Å². The third-order valence-corrected chi connectivity index (χ3v) is 4.87. The number of thiocarbonyl (C=S) groups is 1. The average Bonchev–Trinajstić information content (AvgIpc) is 2.58. The first-order valence-corrected chi connectivity index (χ1v) is 9.05. The van der Waals surface area contributed by atoms with Crippen LogP contribution in [-0.4, -0.2) is 47.1 Å². The van der Waals surface area contributed by atoms with Crippen LogP contribution in [-0.2, 0) is 0 Å². The average molecular weight is 377 g/mol. The van der Waals surface area contributed by atoms with Crippen LogP contribution in [0.2, 0.25) is 5.02 Å². The molecule has 0 spiro atoms. The first kappa shape index (κ1) is 19.6. The molecule has 0 amide bonds. The Morgan fingerprint density at radius 3 is 2.48 bits per heavy atom. The van der Waals surface area contributed by atoms with Crippen molar-refractivity contribution >= 4 is 34.6 Å². The van der Waals surface area contributed by atoms with E-state index >= 15 is 0 Å². The minimum absolute atomic E-state index is 0.149. The van der Waals surface area contributed by atoms with Gasteiger partial charge in [0.05, 0.1) is 6.04 Å². The van der Waals surface area contributed by atoms with Gasteiger partial charge in [-0.25, -0.2) is 0 Å². The van der Waals surface area contributed by atoms with Crippen molar-refractivity contribution < 1.29 is 0 Å². The third-order valence-electron chi connectivity index (χ3n) is 4.11. The Morgan fingerprint density at radius 1 is 1.20 bits per heavy atom. The maximum absolute atomic E-state index is 6.11. The SMILES string of the molecule is Cc1cc(NC(=S)N(CCN(C)C)[C@H](C)c2ccncc2)ccc1Cl. The maximum atomic E-state index is 6.11. The van der Waals surface area contributed by atoms with Gasteiger partial charge in [-0.05, 0) is 81.6 Å². The minimum Gasteiger partial charge on any atom is -0.341 e. The molecule has 0 fully saturated rings. The number of anilines is 1. The lowest BCUT2D eigenvalue weighted by Gasteiger charge is -2.33. The molecule has 0 aliphatic rings. The maximum Gasteiger partial charge on any atom is 0.173 e. The molecule has 134 valence electrons. The van der Waals surface area contributed by atoms with Crippen LogP contribution in [0, 0.1) is 6.92 Å². The van der Waals surface area contributed by atoms with E-state index in [4.69, 9.17) is 23.8 Å². The lowest BCUT2D eigenvalue weighted by molar-refractivity contribution is 0.289. The van der Waals surface area contributed by atoms with Crippen LogP contribution < -0.4 is 5.32 Å². The summed E-state index contributed by atoms with van der Waals surface area (Å²) in [7, 11) is 4.13. The quantitative estimate of drug-likeness (QED) is 0.757. The monoisotopic (exact) mass is 376 g/mol. The Kier molecular flexibility index (Phi) is 7.17. The van der Waals surface area contributed by atoms with E-state index in [2.05, 4.69) is 41.1 Å². The molecular weight excluding hydrogens is 352 g/mol. The number of nitrogens with one attached hydrogen (secondary N) is 1. The number of aromatic nitrogens is 1. The number of hydrogen-bond donors (Lipinski definition) is 1. The topological polar surface area (TPSA) is 31.4 Å². The smallest absolute Gasteiger partial charge is 0.173 e. The molecule has 25 heavy (non-hydrogen) atoms. The normalized spacial score (nSPS) is 12.1. The van der Waals surface area contributed by atoms with Crippen LogP contribution >= 0.6 is 23.8 Å². The zero-order valence-electron chi connectivity index (χ0n) is 15.2. The summed E-state index contributed by atoms with van der Waals surface area (Å²) < 4.78 is 0. The summed E-state index contributed by atoms with van der Waals surface area (Å²) in [6.45, 7) is 5.89. The fourth-order valence-corrected chi connectivity index (χ4v) is 3.00. The molecule has 0 saturated carbocycles. The van der Waals surface area contributed by atoms with Crippen molar-refractivity contribution in [3.05, 3.63) is 58.9 Å². The second kappa shape index (κ2) is 9.13. The minimum atomic E-state index is 0.149. The molecule has 1 aromatic heterocycles. The molecule has 4 nitrogen and oxygen atoms in total. The van der Waals surface area contributed by atoms with Gasteiger partial charge in [0, 0.05) is 36.2 Å². The van der Waals surface area contributed by atoms with E-state index < -0.39 is 0 Å². The van der Waals surface area contributed by atoms with Gasteiger partial charge in [-0.1, -0.05) is 11.6 Å². The largest absolute Gasteiger partial charge is 0.341 e. The highest BCUT2D eigenvalue weighted by atomic mass is 35.5. The zero-order chi connectivity index (χ0) is 18.4. The van der Waals surface area contributed by atoms with Crippen molar-refractivity contribution in [1.29, 1.82) is 0 Å². The van der Waals surface area contributed by atoms with E-state index in [-0.39, 0.29) is 6.04 Å². The van der Waals surface area contributed by atoms with Crippen LogP contribution in [0.1, 0.15) is 24.1 Å². The van der Waals surface area contributed by atoms with Gasteiger partial charge in [0.15, 0.2) is 5.11 Å². The first-order chi connectivity index (χ1) is 11.9. The van der Waals surface area contributed by atoms with Crippen LogP contribution in [0.25, 0.3) is 0 Å². The summed E-state index contributed by atoms with van der Waals surface area (Å²) in [5.74, 6) is 0. The molecule has 0 radical (unpaired) electrons. The number of pyridine rings is 1. The van der Waals surface area contributed by atoms with Crippen molar-refractivity contribution in [2.75, 3.05) is 32.5 Å². The summed E-state index contributed by atoms with van der Waals surface area (Å²) in [5, 5.41) is 4.81. The molecule has 0 unspecified atom stereocenters. The standard InChI is InChI=1S/C19H25ClN4S/c1-14-13-17(5-6-18(14)20)22-19(25)24(12-11-23(3)4)15(2)16-7-9-21-10-8-16/h5-10,13,15H,11-12H2,1-4H3,(H,22,25)/t15-/m1/s1. The van der Waals surface area contributed by atoms with E-state index in [1.54, 1.807) is 0 Å².